The lowest BCUT2D eigenvalue weighted by Crippen LogP contribution is -2.08. The van der Waals surface area contributed by atoms with Crippen LogP contribution in [0.5, 0.6) is 0 Å². The van der Waals surface area contributed by atoms with Gasteiger partial charge in [0.2, 0.25) is 0 Å². The Bertz CT molecular complexity index is 3270. The lowest BCUT2D eigenvalue weighted by atomic mass is 9.91. The number of fused-ring (bicyclic) bond motifs is 9. The van der Waals surface area contributed by atoms with Crippen molar-refractivity contribution in [2.24, 2.45) is 9.98 Å². The van der Waals surface area contributed by atoms with E-state index in [-0.39, 0.29) is 0 Å². The molecule has 0 fully saturated rings. The molecular formula is C50H30N2O2. The maximum Gasteiger partial charge on any atom is 0.161 e. The average molecular weight is 691 g/mol. The Hall–Kier alpha value is -7.30. The molecule has 0 bridgehead atoms. The van der Waals surface area contributed by atoms with E-state index in [2.05, 4.69) is 133 Å². The van der Waals surface area contributed by atoms with Gasteiger partial charge in [-0.2, -0.15) is 0 Å². The molecule has 0 unspecified atom stereocenters. The van der Waals surface area contributed by atoms with Crippen molar-refractivity contribution in [3.63, 3.8) is 0 Å². The van der Waals surface area contributed by atoms with Gasteiger partial charge in [0.1, 0.15) is 22.3 Å². The summed E-state index contributed by atoms with van der Waals surface area (Å²) >= 11 is 0. The Balaban J connectivity index is 1.22. The maximum absolute atomic E-state index is 6.53. The van der Waals surface area contributed by atoms with Crippen LogP contribution in [0.4, 0.5) is 0 Å². The molecule has 252 valence electrons. The van der Waals surface area contributed by atoms with E-state index >= 15 is 0 Å². The highest BCUT2D eigenvalue weighted by atomic mass is 16.3. The molecule has 8 aromatic carbocycles. The fourth-order valence-electron chi connectivity index (χ4n) is 8.05. The Morgan fingerprint density at radius 2 is 1.07 bits per heavy atom. The first kappa shape index (κ1) is 30.3. The molecule has 1 aliphatic heterocycles. The van der Waals surface area contributed by atoms with E-state index in [0.29, 0.717) is 5.84 Å². The normalized spacial score (nSPS) is 16.9. The van der Waals surface area contributed by atoms with Crippen LogP contribution in [-0.2, 0) is 0 Å². The molecule has 0 radical (unpaired) electrons. The number of furan rings is 2. The Morgan fingerprint density at radius 1 is 0.407 bits per heavy atom. The van der Waals surface area contributed by atoms with E-state index in [0.717, 1.165) is 88.5 Å². The molecule has 0 spiro atoms. The summed E-state index contributed by atoms with van der Waals surface area (Å²) in [6.45, 7) is 0. The maximum atomic E-state index is 6.53. The second-order valence-electron chi connectivity index (χ2n) is 13.7. The molecule has 4 nitrogen and oxygen atoms in total. The van der Waals surface area contributed by atoms with Gasteiger partial charge in [-0.05, 0) is 81.2 Å². The SMILES string of the molecule is C1=C/C(c2ccccc2)=N\C(c2c(-c3cccc4oc5ccccc5c34)ccc3oc4ccccc4c23)=N/C(c2ccc3c(ccc4ccccc43)c2)=C/1. The molecule has 0 atom stereocenters. The van der Waals surface area contributed by atoms with E-state index in [9.17, 15) is 0 Å². The molecule has 2 aromatic heterocycles. The second kappa shape index (κ2) is 12.1. The molecule has 4 heteroatoms. The summed E-state index contributed by atoms with van der Waals surface area (Å²) in [5.41, 5.74) is 9.85. The van der Waals surface area contributed by atoms with Crippen LogP contribution >= 0.6 is 0 Å². The zero-order chi connectivity index (χ0) is 35.6. The highest BCUT2D eigenvalue weighted by molar-refractivity contribution is 6.28. The van der Waals surface area contributed by atoms with Crippen molar-refractivity contribution in [2.75, 3.05) is 0 Å². The van der Waals surface area contributed by atoms with Crippen LogP contribution in [0.3, 0.4) is 0 Å². The largest absolute Gasteiger partial charge is 0.456 e. The molecule has 0 amide bonds. The number of hydrogen-bond donors (Lipinski definition) is 0. The van der Waals surface area contributed by atoms with Gasteiger partial charge in [-0.3, -0.25) is 0 Å². The van der Waals surface area contributed by atoms with Gasteiger partial charge in [0.25, 0.3) is 0 Å². The molecule has 0 N–H and O–H groups in total. The molecule has 1 aliphatic rings. The Labute approximate surface area is 310 Å². The van der Waals surface area contributed by atoms with E-state index in [4.69, 9.17) is 18.8 Å². The van der Waals surface area contributed by atoms with E-state index in [1.54, 1.807) is 0 Å². The van der Waals surface area contributed by atoms with Gasteiger partial charge in [-0.25, -0.2) is 9.98 Å². The van der Waals surface area contributed by atoms with Crippen LogP contribution < -0.4 is 0 Å². The first-order chi connectivity index (χ1) is 26.8. The lowest BCUT2D eigenvalue weighted by Gasteiger charge is -2.16. The number of aliphatic imine (C=N–C) groups is 2. The molecular weight excluding hydrogens is 661 g/mol. The topological polar surface area (TPSA) is 51.0 Å². The Kier molecular flexibility index (Phi) is 6.82. The summed E-state index contributed by atoms with van der Waals surface area (Å²) in [7, 11) is 0. The van der Waals surface area contributed by atoms with Crippen molar-refractivity contribution < 1.29 is 8.83 Å². The Morgan fingerprint density at radius 3 is 1.91 bits per heavy atom. The predicted octanol–water partition coefficient (Wildman–Crippen LogP) is 13.3. The van der Waals surface area contributed by atoms with Gasteiger partial charge >= 0.3 is 0 Å². The standard InChI is InChI=1S/C50H30N2O2/c1-2-13-32(14-3-1)41-19-11-20-42(34-26-27-36-33(30-34)25-24-31-12-4-5-15-35(31)36)52-50(51-41)49-38(28-29-46-48(49)40-17-7-9-22-44(40)54-46)37-18-10-23-45-47(37)39-16-6-8-21-43(39)53-45/h1-30H/b19-11+,20-11?,41-19?,42-20+,51-41+,51-50?,52-42?,52-50-. The fourth-order valence-corrected chi connectivity index (χ4v) is 8.05. The number of para-hydroxylation sites is 2. The molecule has 0 saturated carbocycles. The molecule has 10 aromatic rings. The van der Waals surface area contributed by atoms with Crippen LogP contribution in [0.1, 0.15) is 16.7 Å². The lowest BCUT2D eigenvalue weighted by molar-refractivity contribution is 0.669. The first-order valence-corrected chi connectivity index (χ1v) is 18.2. The van der Waals surface area contributed by atoms with Gasteiger partial charge in [-0.1, -0.05) is 133 Å². The van der Waals surface area contributed by atoms with Crippen LogP contribution in [0, 0.1) is 0 Å². The predicted molar refractivity (Wildman–Crippen MR) is 225 cm³/mol. The summed E-state index contributed by atoms with van der Waals surface area (Å²) in [6, 6.07) is 56.8. The van der Waals surface area contributed by atoms with E-state index in [1.165, 1.54) is 16.2 Å². The van der Waals surface area contributed by atoms with Crippen LogP contribution in [0.25, 0.3) is 82.2 Å². The van der Waals surface area contributed by atoms with Crippen molar-refractivity contribution in [3.8, 4) is 11.1 Å². The van der Waals surface area contributed by atoms with E-state index in [1.807, 2.05) is 48.5 Å². The highest BCUT2D eigenvalue weighted by Gasteiger charge is 2.24. The van der Waals surface area contributed by atoms with Crippen molar-refractivity contribution in [1.82, 2.24) is 0 Å². The van der Waals surface area contributed by atoms with Crippen LogP contribution in [0.15, 0.2) is 201 Å². The second-order valence-corrected chi connectivity index (χ2v) is 13.7. The zero-order valence-corrected chi connectivity index (χ0v) is 29.0. The van der Waals surface area contributed by atoms with Crippen molar-refractivity contribution in [1.29, 1.82) is 0 Å². The monoisotopic (exact) mass is 690 g/mol. The minimum atomic E-state index is 0.597. The minimum Gasteiger partial charge on any atom is -0.456 e. The minimum absolute atomic E-state index is 0.597. The number of hydrogen-bond acceptors (Lipinski definition) is 4. The van der Waals surface area contributed by atoms with Gasteiger partial charge in [-0.15, -0.1) is 0 Å². The number of rotatable bonds is 4. The summed E-state index contributed by atoms with van der Waals surface area (Å²) < 4.78 is 12.9. The summed E-state index contributed by atoms with van der Waals surface area (Å²) in [6.07, 6.45) is 6.23. The summed E-state index contributed by atoms with van der Waals surface area (Å²) in [5.74, 6) is 0.597. The fraction of sp³-hybridized carbons (Fsp3) is 0. The third-order valence-electron chi connectivity index (χ3n) is 10.5. The molecule has 3 heterocycles. The van der Waals surface area contributed by atoms with E-state index < -0.39 is 0 Å². The molecule has 54 heavy (non-hydrogen) atoms. The number of nitrogens with zero attached hydrogens (tertiary/aromatic N) is 2. The van der Waals surface area contributed by atoms with Gasteiger partial charge < -0.3 is 8.83 Å². The summed E-state index contributed by atoms with van der Waals surface area (Å²) in [4.78, 5) is 11.0. The zero-order valence-electron chi connectivity index (χ0n) is 29.0. The molecule has 0 aliphatic carbocycles. The van der Waals surface area contributed by atoms with Crippen molar-refractivity contribution in [3.05, 3.63) is 199 Å². The van der Waals surface area contributed by atoms with Gasteiger partial charge in [0.15, 0.2) is 5.84 Å². The average Bonchev–Trinajstić information content (AvgIpc) is 3.80. The first-order valence-electron chi connectivity index (χ1n) is 18.2. The number of amidine groups is 1. The number of allylic oxidation sites excluding steroid dienone is 3. The van der Waals surface area contributed by atoms with Crippen LogP contribution in [0.2, 0.25) is 0 Å². The van der Waals surface area contributed by atoms with Gasteiger partial charge in [0, 0.05) is 38.2 Å². The van der Waals surface area contributed by atoms with Crippen LogP contribution in [-0.4, -0.2) is 11.5 Å². The smallest absolute Gasteiger partial charge is 0.161 e. The highest BCUT2D eigenvalue weighted by Crippen LogP contribution is 2.43. The quantitative estimate of drug-likeness (QED) is 0.173. The van der Waals surface area contributed by atoms with Crippen molar-refractivity contribution in [2.45, 2.75) is 0 Å². The third kappa shape index (κ3) is 4.85. The van der Waals surface area contributed by atoms with Gasteiger partial charge in [0.05, 0.1) is 11.4 Å². The summed E-state index contributed by atoms with van der Waals surface area (Å²) in [5, 5.41) is 8.92. The molecule has 0 saturated heterocycles. The number of benzene rings is 8. The van der Waals surface area contributed by atoms with Crippen molar-refractivity contribution >= 4 is 82.7 Å². The third-order valence-corrected chi connectivity index (χ3v) is 10.5. The molecule has 11 rings (SSSR count).